The van der Waals surface area contributed by atoms with Crippen molar-refractivity contribution >= 4 is 7.12 Å². The second-order valence-electron chi connectivity index (χ2n) is 3.37. The van der Waals surface area contributed by atoms with Crippen molar-refractivity contribution in [2.24, 2.45) is 0 Å². The molecule has 0 aliphatic carbocycles. The van der Waals surface area contributed by atoms with E-state index in [9.17, 15) is 5.02 Å². The first kappa shape index (κ1) is 11.3. The highest BCUT2D eigenvalue weighted by Gasteiger charge is 2.12. The lowest BCUT2D eigenvalue weighted by molar-refractivity contribution is 0.253. The topological polar surface area (TPSA) is 29.5 Å². The Hall–Kier alpha value is -0.795. The summed E-state index contributed by atoms with van der Waals surface area (Å²) < 4.78 is 5.24. The Bertz CT molecular complexity index is 238. The van der Waals surface area contributed by atoms with E-state index in [0.717, 1.165) is 18.4 Å². The molecule has 0 bridgehead atoms. The van der Waals surface area contributed by atoms with Gasteiger partial charge in [-0.05, 0) is 6.42 Å². The van der Waals surface area contributed by atoms with Crippen molar-refractivity contribution < 1.29 is 9.68 Å². The van der Waals surface area contributed by atoms with Crippen LogP contribution in [0.25, 0.3) is 0 Å². The third-order valence-electron chi connectivity index (χ3n) is 2.06. The molecular formula is C11H17BO2. The molecule has 2 nitrogen and oxygen atoms in total. The molecule has 3 heteroatoms. The van der Waals surface area contributed by atoms with Gasteiger partial charge in [-0.2, -0.15) is 0 Å². The van der Waals surface area contributed by atoms with E-state index in [-0.39, 0.29) is 0 Å². The highest BCUT2D eigenvalue weighted by molar-refractivity contribution is 6.42. The zero-order valence-electron chi connectivity index (χ0n) is 8.65. The second-order valence-corrected chi connectivity index (χ2v) is 3.37. The molecular weight excluding hydrogens is 175 g/mol. The van der Waals surface area contributed by atoms with Crippen LogP contribution >= 0.6 is 0 Å². The maximum absolute atomic E-state index is 9.51. The Morgan fingerprint density at radius 1 is 1.29 bits per heavy atom. The van der Waals surface area contributed by atoms with Gasteiger partial charge in [0.1, 0.15) is 0 Å². The molecule has 0 atom stereocenters. The minimum atomic E-state index is -0.663. The zero-order chi connectivity index (χ0) is 10.2. The standard InChI is InChI=1S/C11H17BO2/c1-2-3-9-14-12(13)10-11-7-5-4-6-8-11/h4-8,13H,2-3,9-10H2,1H3. The average molecular weight is 192 g/mol. The smallest absolute Gasteiger partial charge is 0.427 e. The second kappa shape index (κ2) is 6.63. The summed E-state index contributed by atoms with van der Waals surface area (Å²) in [5.41, 5.74) is 1.11. The van der Waals surface area contributed by atoms with Crippen LogP contribution < -0.4 is 0 Å². The van der Waals surface area contributed by atoms with Crippen LogP contribution in [0.2, 0.25) is 0 Å². The molecule has 0 fully saturated rings. The van der Waals surface area contributed by atoms with E-state index in [1.807, 2.05) is 30.3 Å². The number of rotatable bonds is 6. The molecule has 0 amide bonds. The predicted molar refractivity (Wildman–Crippen MR) is 59.0 cm³/mol. The van der Waals surface area contributed by atoms with E-state index in [4.69, 9.17) is 4.65 Å². The quantitative estimate of drug-likeness (QED) is 0.552. The van der Waals surface area contributed by atoms with Gasteiger partial charge in [0.2, 0.25) is 0 Å². The molecule has 1 aromatic carbocycles. The van der Waals surface area contributed by atoms with E-state index in [2.05, 4.69) is 6.92 Å². The van der Waals surface area contributed by atoms with Crippen LogP contribution in [0.4, 0.5) is 0 Å². The first-order valence-corrected chi connectivity index (χ1v) is 5.16. The first-order chi connectivity index (χ1) is 6.83. The van der Waals surface area contributed by atoms with Crippen molar-refractivity contribution in [3.63, 3.8) is 0 Å². The Labute approximate surface area is 86.1 Å². The number of benzene rings is 1. The average Bonchev–Trinajstić information content (AvgIpc) is 2.20. The van der Waals surface area contributed by atoms with Crippen LogP contribution in [0.1, 0.15) is 25.3 Å². The van der Waals surface area contributed by atoms with Gasteiger partial charge in [0, 0.05) is 12.9 Å². The highest BCUT2D eigenvalue weighted by atomic mass is 16.5. The van der Waals surface area contributed by atoms with Crippen molar-refractivity contribution in [3.8, 4) is 0 Å². The fourth-order valence-electron chi connectivity index (χ4n) is 1.24. The summed E-state index contributed by atoms with van der Waals surface area (Å²) >= 11 is 0. The zero-order valence-corrected chi connectivity index (χ0v) is 8.65. The van der Waals surface area contributed by atoms with E-state index in [1.165, 1.54) is 0 Å². The third kappa shape index (κ3) is 4.44. The van der Waals surface area contributed by atoms with Gasteiger partial charge in [-0.15, -0.1) is 0 Å². The third-order valence-corrected chi connectivity index (χ3v) is 2.06. The fourth-order valence-corrected chi connectivity index (χ4v) is 1.24. The van der Waals surface area contributed by atoms with Gasteiger partial charge in [0.25, 0.3) is 0 Å². The molecule has 14 heavy (non-hydrogen) atoms. The maximum Gasteiger partial charge on any atom is 0.458 e. The molecule has 1 rings (SSSR count). The molecule has 0 aromatic heterocycles. The van der Waals surface area contributed by atoms with Gasteiger partial charge in [0.05, 0.1) is 0 Å². The molecule has 0 saturated carbocycles. The maximum atomic E-state index is 9.51. The fraction of sp³-hybridized carbons (Fsp3) is 0.455. The lowest BCUT2D eigenvalue weighted by Crippen LogP contribution is -2.22. The number of hydrogen-bond donors (Lipinski definition) is 1. The van der Waals surface area contributed by atoms with Crippen molar-refractivity contribution in [1.82, 2.24) is 0 Å². The number of unbranched alkanes of at least 4 members (excludes halogenated alkanes) is 1. The molecule has 76 valence electrons. The van der Waals surface area contributed by atoms with E-state index >= 15 is 0 Å². The van der Waals surface area contributed by atoms with Crippen molar-refractivity contribution in [2.75, 3.05) is 6.61 Å². The summed E-state index contributed by atoms with van der Waals surface area (Å²) in [4.78, 5) is 0. The molecule has 0 aliphatic rings. The van der Waals surface area contributed by atoms with E-state index in [0.29, 0.717) is 12.9 Å². The minimum absolute atomic E-state index is 0.574. The van der Waals surface area contributed by atoms with Crippen LogP contribution in [0.15, 0.2) is 30.3 Å². The Morgan fingerprint density at radius 3 is 2.64 bits per heavy atom. The Balaban J connectivity index is 2.23. The minimum Gasteiger partial charge on any atom is -0.427 e. The van der Waals surface area contributed by atoms with Gasteiger partial charge in [-0.3, -0.25) is 0 Å². The summed E-state index contributed by atoms with van der Waals surface area (Å²) in [7, 11) is -0.663. The van der Waals surface area contributed by atoms with Crippen molar-refractivity contribution in [1.29, 1.82) is 0 Å². The normalized spacial score (nSPS) is 10.1. The molecule has 0 unspecified atom stereocenters. The molecule has 0 aliphatic heterocycles. The summed E-state index contributed by atoms with van der Waals surface area (Å²) in [6.07, 6.45) is 2.68. The lowest BCUT2D eigenvalue weighted by Gasteiger charge is -2.07. The van der Waals surface area contributed by atoms with Gasteiger partial charge in [-0.1, -0.05) is 49.2 Å². The molecule has 0 radical (unpaired) electrons. The van der Waals surface area contributed by atoms with Crippen LogP contribution in [0, 0.1) is 0 Å². The molecule has 0 saturated heterocycles. The highest BCUT2D eigenvalue weighted by Crippen LogP contribution is 2.02. The van der Waals surface area contributed by atoms with Crippen LogP contribution in [-0.4, -0.2) is 18.7 Å². The van der Waals surface area contributed by atoms with Crippen LogP contribution in [0.5, 0.6) is 0 Å². The summed E-state index contributed by atoms with van der Waals surface area (Å²) in [5.74, 6) is 0. The predicted octanol–water partition coefficient (Wildman–Crippen LogP) is 2.07. The number of hydrogen-bond acceptors (Lipinski definition) is 2. The largest absolute Gasteiger partial charge is 0.458 e. The molecule has 0 spiro atoms. The van der Waals surface area contributed by atoms with Crippen LogP contribution in [-0.2, 0) is 11.0 Å². The molecule has 0 heterocycles. The van der Waals surface area contributed by atoms with Gasteiger partial charge in [-0.25, -0.2) is 0 Å². The lowest BCUT2D eigenvalue weighted by atomic mass is 9.81. The van der Waals surface area contributed by atoms with E-state index in [1.54, 1.807) is 0 Å². The SMILES string of the molecule is CCCCOB(O)Cc1ccccc1. The van der Waals surface area contributed by atoms with Gasteiger partial charge < -0.3 is 9.68 Å². The van der Waals surface area contributed by atoms with Gasteiger partial charge >= 0.3 is 7.12 Å². The monoisotopic (exact) mass is 192 g/mol. The van der Waals surface area contributed by atoms with E-state index < -0.39 is 7.12 Å². The summed E-state index contributed by atoms with van der Waals surface area (Å²) in [6, 6.07) is 9.88. The van der Waals surface area contributed by atoms with Crippen LogP contribution in [0.3, 0.4) is 0 Å². The van der Waals surface area contributed by atoms with Gasteiger partial charge in [0.15, 0.2) is 0 Å². The Morgan fingerprint density at radius 2 is 2.00 bits per heavy atom. The summed E-state index contributed by atoms with van der Waals surface area (Å²) in [5, 5.41) is 9.51. The molecule has 1 aromatic rings. The first-order valence-electron chi connectivity index (χ1n) is 5.16. The molecule has 1 N–H and O–H groups in total. The van der Waals surface area contributed by atoms with Crippen molar-refractivity contribution in [2.45, 2.75) is 26.1 Å². The van der Waals surface area contributed by atoms with Crippen molar-refractivity contribution in [3.05, 3.63) is 35.9 Å². The summed E-state index contributed by atoms with van der Waals surface area (Å²) in [6.45, 7) is 2.75. The Kier molecular flexibility index (Phi) is 5.34.